The van der Waals surface area contributed by atoms with Crippen LogP contribution in [0.5, 0.6) is 0 Å². The Morgan fingerprint density at radius 1 is 1.39 bits per heavy atom. The lowest BCUT2D eigenvalue weighted by Gasteiger charge is -2.17. The first-order valence-electron chi connectivity index (χ1n) is 8.10. The molecule has 1 aliphatic heterocycles. The lowest BCUT2D eigenvalue weighted by atomic mass is 10.1. The Hall–Kier alpha value is -1.59. The van der Waals surface area contributed by atoms with E-state index in [1.165, 1.54) is 0 Å². The van der Waals surface area contributed by atoms with Gasteiger partial charge in [0.15, 0.2) is 0 Å². The highest BCUT2D eigenvalue weighted by atomic mass is 35.5. The standard InChI is InChI=1S/C17H24ClN3O2/c1-13(14-6-2-3-7-15(14)18)20-12-16(22)19-9-5-11-21-10-4-8-17(21)23/h2-3,6-7,13,20H,4-5,8-12H2,1H3,(H,19,22). The average molecular weight is 338 g/mol. The van der Waals surface area contributed by atoms with Crippen LogP contribution in [0.3, 0.4) is 0 Å². The fourth-order valence-corrected chi connectivity index (χ4v) is 2.98. The van der Waals surface area contributed by atoms with E-state index in [1.54, 1.807) is 0 Å². The molecule has 2 rings (SSSR count). The highest BCUT2D eigenvalue weighted by molar-refractivity contribution is 6.31. The van der Waals surface area contributed by atoms with Gasteiger partial charge in [-0.3, -0.25) is 9.59 Å². The van der Waals surface area contributed by atoms with Crippen LogP contribution in [0.25, 0.3) is 0 Å². The van der Waals surface area contributed by atoms with Gasteiger partial charge in [-0.25, -0.2) is 0 Å². The van der Waals surface area contributed by atoms with E-state index in [4.69, 9.17) is 11.6 Å². The summed E-state index contributed by atoms with van der Waals surface area (Å²) in [7, 11) is 0. The van der Waals surface area contributed by atoms with E-state index in [0.717, 1.165) is 31.5 Å². The Kier molecular flexibility index (Phi) is 6.86. The van der Waals surface area contributed by atoms with Gasteiger partial charge in [0, 0.05) is 37.1 Å². The van der Waals surface area contributed by atoms with Crippen molar-refractivity contribution in [3.05, 3.63) is 34.9 Å². The molecule has 2 N–H and O–H groups in total. The van der Waals surface area contributed by atoms with Crippen molar-refractivity contribution in [2.45, 2.75) is 32.2 Å². The van der Waals surface area contributed by atoms with E-state index in [0.29, 0.717) is 18.0 Å². The molecule has 1 saturated heterocycles. The first-order chi connectivity index (χ1) is 11.1. The van der Waals surface area contributed by atoms with Crippen molar-refractivity contribution in [1.29, 1.82) is 0 Å². The van der Waals surface area contributed by atoms with Crippen molar-refractivity contribution in [3.8, 4) is 0 Å². The predicted octanol–water partition coefficient (Wildman–Crippen LogP) is 2.12. The van der Waals surface area contributed by atoms with Crippen molar-refractivity contribution < 1.29 is 9.59 Å². The molecule has 126 valence electrons. The van der Waals surface area contributed by atoms with Crippen molar-refractivity contribution in [1.82, 2.24) is 15.5 Å². The molecular formula is C17H24ClN3O2. The zero-order valence-corrected chi connectivity index (χ0v) is 14.2. The van der Waals surface area contributed by atoms with Crippen LogP contribution < -0.4 is 10.6 Å². The molecule has 1 aliphatic rings. The molecule has 23 heavy (non-hydrogen) atoms. The van der Waals surface area contributed by atoms with E-state index in [-0.39, 0.29) is 24.4 Å². The first-order valence-corrected chi connectivity index (χ1v) is 8.48. The lowest BCUT2D eigenvalue weighted by molar-refractivity contribution is -0.127. The maximum absolute atomic E-state index is 11.8. The second-order valence-corrected chi connectivity index (χ2v) is 6.22. The Balaban J connectivity index is 1.61. The van der Waals surface area contributed by atoms with Crippen LogP contribution in [0.4, 0.5) is 0 Å². The first kappa shape index (κ1) is 17.8. The van der Waals surface area contributed by atoms with Gasteiger partial charge in [-0.2, -0.15) is 0 Å². The van der Waals surface area contributed by atoms with E-state index in [9.17, 15) is 9.59 Å². The second kappa shape index (κ2) is 8.89. The summed E-state index contributed by atoms with van der Waals surface area (Å²) in [6.45, 7) is 4.39. The van der Waals surface area contributed by atoms with Gasteiger partial charge in [0.2, 0.25) is 11.8 Å². The van der Waals surface area contributed by atoms with Crippen LogP contribution >= 0.6 is 11.6 Å². The minimum Gasteiger partial charge on any atom is -0.355 e. The molecule has 0 aromatic heterocycles. The van der Waals surface area contributed by atoms with Gasteiger partial charge in [-0.05, 0) is 31.4 Å². The molecule has 6 heteroatoms. The van der Waals surface area contributed by atoms with E-state index >= 15 is 0 Å². The van der Waals surface area contributed by atoms with Crippen LogP contribution in [0, 0.1) is 0 Å². The normalized spacial score (nSPS) is 15.7. The summed E-state index contributed by atoms with van der Waals surface area (Å²) in [4.78, 5) is 25.2. The quantitative estimate of drug-likeness (QED) is 0.714. The molecule has 1 atom stereocenters. The zero-order chi connectivity index (χ0) is 16.7. The molecule has 2 amide bonds. The van der Waals surface area contributed by atoms with Gasteiger partial charge in [0.25, 0.3) is 0 Å². The number of carbonyl (C=O) groups is 2. The number of hydrogen-bond acceptors (Lipinski definition) is 3. The predicted molar refractivity (Wildman–Crippen MR) is 91.3 cm³/mol. The number of amides is 2. The second-order valence-electron chi connectivity index (χ2n) is 5.81. The van der Waals surface area contributed by atoms with Gasteiger partial charge < -0.3 is 15.5 Å². The van der Waals surface area contributed by atoms with Gasteiger partial charge in [0.05, 0.1) is 6.54 Å². The zero-order valence-electron chi connectivity index (χ0n) is 13.5. The van der Waals surface area contributed by atoms with Crippen molar-refractivity contribution in [2.75, 3.05) is 26.2 Å². The van der Waals surface area contributed by atoms with Gasteiger partial charge in [-0.1, -0.05) is 29.8 Å². The number of benzene rings is 1. The monoisotopic (exact) mass is 337 g/mol. The highest BCUT2D eigenvalue weighted by Crippen LogP contribution is 2.21. The fraction of sp³-hybridized carbons (Fsp3) is 0.529. The van der Waals surface area contributed by atoms with Crippen LogP contribution in [0.15, 0.2) is 24.3 Å². The summed E-state index contributed by atoms with van der Waals surface area (Å²) < 4.78 is 0. The summed E-state index contributed by atoms with van der Waals surface area (Å²) >= 11 is 6.14. The third-order valence-corrected chi connectivity index (χ3v) is 4.38. The minimum absolute atomic E-state index is 0.0108. The van der Waals surface area contributed by atoms with Crippen molar-refractivity contribution in [3.63, 3.8) is 0 Å². The van der Waals surface area contributed by atoms with Gasteiger partial charge >= 0.3 is 0 Å². The maximum atomic E-state index is 11.8. The van der Waals surface area contributed by atoms with E-state index < -0.39 is 0 Å². The Morgan fingerprint density at radius 3 is 2.87 bits per heavy atom. The molecule has 1 heterocycles. The number of likely N-dealkylation sites (tertiary alicyclic amines) is 1. The van der Waals surface area contributed by atoms with Crippen LogP contribution in [0.2, 0.25) is 5.02 Å². The number of hydrogen-bond donors (Lipinski definition) is 2. The molecule has 0 spiro atoms. The topological polar surface area (TPSA) is 61.4 Å². The number of nitrogens with one attached hydrogen (secondary N) is 2. The van der Waals surface area contributed by atoms with Crippen molar-refractivity contribution >= 4 is 23.4 Å². The molecule has 0 saturated carbocycles. The largest absolute Gasteiger partial charge is 0.355 e. The number of nitrogens with zero attached hydrogens (tertiary/aromatic N) is 1. The molecule has 1 aromatic carbocycles. The van der Waals surface area contributed by atoms with Crippen LogP contribution in [-0.2, 0) is 9.59 Å². The molecular weight excluding hydrogens is 314 g/mol. The Morgan fingerprint density at radius 2 is 2.17 bits per heavy atom. The van der Waals surface area contributed by atoms with Crippen LogP contribution in [0.1, 0.15) is 37.8 Å². The molecule has 0 aliphatic carbocycles. The number of carbonyl (C=O) groups excluding carboxylic acids is 2. The molecule has 1 aromatic rings. The summed E-state index contributed by atoms with van der Waals surface area (Å²) in [6.07, 6.45) is 2.41. The maximum Gasteiger partial charge on any atom is 0.233 e. The summed E-state index contributed by atoms with van der Waals surface area (Å²) in [6, 6.07) is 7.62. The third kappa shape index (κ3) is 5.52. The molecule has 5 nitrogen and oxygen atoms in total. The summed E-state index contributed by atoms with van der Waals surface area (Å²) in [5.41, 5.74) is 0.981. The number of rotatable bonds is 8. The molecule has 0 radical (unpaired) electrons. The fourth-order valence-electron chi connectivity index (χ4n) is 2.68. The third-order valence-electron chi connectivity index (χ3n) is 4.04. The highest BCUT2D eigenvalue weighted by Gasteiger charge is 2.19. The van der Waals surface area contributed by atoms with Crippen LogP contribution in [-0.4, -0.2) is 42.9 Å². The molecule has 0 bridgehead atoms. The van der Waals surface area contributed by atoms with E-state index in [2.05, 4.69) is 10.6 Å². The van der Waals surface area contributed by atoms with E-state index in [1.807, 2.05) is 36.1 Å². The number of halogens is 1. The Labute approximate surface area is 142 Å². The lowest BCUT2D eigenvalue weighted by Crippen LogP contribution is -2.36. The average Bonchev–Trinajstić information content (AvgIpc) is 2.95. The SMILES string of the molecule is CC(NCC(=O)NCCCN1CCCC1=O)c1ccccc1Cl. The molecule has 1 unspecified atom stereocenters. The molecule has 1 fully saturated rings. The van der Waals surface area contributed by atoms with Gasteiger partial charge in [-0.15, -0.1) is 0 Å². The summed E-state index contributed by atoms with van der Waals surface area (Å²) in [5.74, 6) is 0.184. The Bertz CT molecular complexity index is 550. The summed E-state index contributed by atoms with van der Waals surface area (Å²) in [5, 5.41) is 6.74. The minimum atomic E-state index is -0.0448. The van der Waals surface area contributed by atoms with Crippen molar-refractivity contribution in [2.24, 2.45) is 0 Å². The van der Waals surface area contributed by atoms with Gasteiger partial charge in [0.1, 0.15) is 0 Å². The smallest absolute Gasteiger partial charge is 0.233 e.